The van der Waals surface area contributed by atoms with Gasteiger partial charge in [-0.3, -0.25) is 4.68 Å². The average molecular weight is 687 g/mol. The second-order valence-corrected chi connectivity index (χ2v) is 9.39. The summed E-state index contributed by atoms with van der Waals surface area (Å²) in [4.78, 5) is 16.7. The molecule has 5 rings (SSSR count). The van der Waals surface area contributed by atoms with Crippen molar-refractivity contribution >= 4 is 21.9 Å². The topological polar surface area (TPSA) is 163 Å². The fraction of sp³-hybridized carbons (Fsp3) is 0.125. The maximum absolute atomic E-state index is 8.91. The molecule has 2 aromatic carbocycles. The van der Waals surface area contributed by atoms with Gasteiger partial charge in [0.25, 0.3) is 0 Å². The van der Waals surface area contributed by atoms with E-state index >= 15 is 0 Å². The van der Waals surface area contributed by atoms with Crippen molar-refractivity contribution in [3.05, 3.63) is 59.2 Å². The van der Waals surface area contributed by atoms with Crippen molar-refractivity contribution in [2.24, 2.45) is 28.0 Å². The fourth-order valence-electron chi connectivity index (χ4n) is 4.31. The minimum atomic E-state index is 0. The number of nitroso groups, excluding NO2 is 1. The zero-order valence-corrected chi connectivity index (χ0v) is 28.4. The highest BCUT2D eigenvalue weighted by atomic mass is 16.5. The smallest absolute Gasteiger partial charge is 0.141 e. The highest BCUT2D eigenvalue weighted by Gasteiger charge is 2.17. The summed E-state index contributed by atoms with van der Waals surface area (Å²) in [7, 11) is 1.95. The highest BCUT2D eigenvalue weighted by Crippen LogP contribution is 2.37. The van der Waals surface area contributed by atoms with Crippen molar-refractivity contribution in [1.29, 1.82) is 5.53 Å². The number of hydrogen-bond acceptors (Lipinski definition) is 6. The second kappa shape index (κ2) is 21.3. The Morgan fingerprint density at radius 2 is 1.38 bits per heavy atom. The number of aromatic nitrogens is 5. The maximum atomic E-state index is 8.91. The minimum absolute atomic E-state index is 0. The first-order valence-corrected chi connectivity index (χ1v) is 14.7. The Morgan fingerprint density at radius 3 is 1.87 bits per heavy atom. The van der Waals surface area contributed by atoms with Crippen LogP contribution < -0.4 is 0 Å². The van der Waals surface area contributed by atoms with Crippen LogP contribution >= 0.6 is 0 Å². The molecule has 0 aliphatic rings. The predicted octanol–water partition coefficient (Wildman–Crippen LogP) is 7.74. The van der Waals surface area contributed by atoms with E-state index in [1.165, 1.54) is 0 Å². The van der Waals surface area contributed by atoms with Gasteiger partial charge in [0.05, 0.1) is 34.8 Å². The number of fused-ring (bicyclic) bond motifs is 2. The normalized spacial score (nSPS) is 8.33. The molecule has 5 aromatic rings. The number of aromatic amines is 1. The Hall–Kier alpha value is -8.57. The van der Waals surface area contributed by atoms with E-state index in [1.807, 2.05) is 37.1 Å². The van der Waals surface area contributed by atoms with Gasteiger partial charge in [0, 0.05) is 35.9 Å². The van der Waals surface area contributed by atoms with Crippen LogP contribution in [0.1, 0.15) is 32.4 Å². The molecule has 0 aliphatic heterocycles. The molecule has 0 saturated heterocycles. The van der Waals surface area contributed by atoms with Crippen LogP contribution in [-0.2, 0) is 7.05 Å². The summed E-state index contributed by atoms with van der Waals surface area (Å²) in [6, 6.07) is 10.5. The number of H-pyrrole nitrogens is 1. The molecule has 0 aliphatic carbocycles. The summed E-state index contributed by atoms with van der Waals surface area (Å²) in [5.74, 6) is 46.4. The largest absolute Gasteiger partial charge is 0.361 e. The summed E-state index contributed by atoms with van der Waals surface area (Å²) in [6.07, 6.45) is 3.64. The molecule has 0 unspecified atom stereocenters. The van der Waals surface area contributed by atoms with E-state index in [2.05, 4.69) is 173 Å². The molecule has 3 aromatic heterocycles. The molecule has 52 heavy (non-hydrogen) atoms. The molecule has 0 bridgehead atoms. The van der Waals surface area contributed by atoms with Gasteiger partial charge in [0.2, 0.25) is 0 Å². The first-order valence-electron chi connectivity index (χ1n) is 14.7. The highest BCUT2D eigenvalue weighted by molar-refractivity contribution is 6.04. The van der Waals surface area contributed by atoms with Gasteiger partial charge in [-0.25, -0.2) is 4.98 Å². The van der Waals surface area contributed by atoms with E-state index in [9.17, 15) is 0 Å². The first-order chi connectivity index (χ1) is 25.5. The van der Waals surface area contributed by atoms with Crippen LogP contribution in [0.15, 0.2) is 68.3 Å². The lowest BCUT2D eigenvalue weighted by Crippen LogP contribution is -1.90. The lowest BCUT2D eigenvalue weighted by molar-refractivity contribution is 0.393. The third kappa shape index (κ3) is 11.3. The van der Waals surface area contributed by atoms with Crippen LogP contribution in [-0.4, -0.2) is 24.9 Å². The van der Waals surface area contributed by atoms with Crippen LogP contribution in [0.3, 0.4) is 0 Å². The molecular formula is C40H34N10O2. The molecule has 2 N–H and O–H groups in total. The lowest BCUT2D eigenvalue weighted by atomic mass is 9.95. The van der Waals surface area contributed by atoms with Crippen LogP contribution in [0, 0.1) is 131 Å². The molecular weight excluding hydrogens is 653 g/mol. The Labute approximate surface area is 307 Å². The number of nitrogens with zero attached hydrogens (tertiary/aromatic N) is 8. The summed E-state index contributed by atoms with van der Waals surface area (Å²) >= 11 is 0. The van der Waals surface area contributed by atoms with Crippen LogP contribution in [0.5, 0.6) is 0 Å². The monoisotopic (exact) mass is 686 g/mol. The molecule has 256 valence electrons. The van der Waals surface area contributed by atoms with E-state index in [1.54, 1.807) is 20.2 Å². The maximum Gasteiger partial charge on any atom is 0.141 e. The number of benzene rings is 2. The van der Waals surface area contributed by atoms with Gasteiger partial charge in [0.1, 0.15) is 11.0 Å². The number of rotatable bonds is 4. The summed E-state index contributed by atoms with van der Waals surface area (Å²) in [5, 5.41) is 18.8. The number of aryl methyl sites for hydroxylation is 3. The van der Waals surface area contributed by atoms with Crippen molar-refractivity contribution in [3.63, 3.8) is 0 Å². The SMILES string of the molecule is CC#CC#CC#CC#CC#CC#CC#CC#CC#CC.Cc1noc(C)c1-c1cc(-c2cccc3c2cnn3C)c2nc[nH]c2c1.N=N/N=N/N=O.[HH].[HH].[HH].[HH].[HH]. The van der Waals surface area contributed by atoms with E-state index < -0.39 is 0 Å². The van der Waals surface area contributed by atoms with E-state index in [0.29, 0.717) is 0 Å². The van der Waals surface area contributed by atoms with Gasteiger partial charge in [0.15, 0.2) is 0 Å². The lowest BCUT2D eigenvalue weighted by Gasteiger charge is -2.09. The third-order valence-electron chi connectivity index (χ3n) is 6.24. The van der Waals surface area contributed by atoms with Crippen molar-refractivity contribution in [2.45, 2.75) is 27.7 Å². The van der Waals surface area contributed by atoms with Gasteiger partial charge >= 0.3 is 0 Å². The van der Waals surface area contributed by atoms with Crippen LogP contribution in [0.25, 0.3) is 44.2 Å². The molecule has 12 nitrogen and oxygen atoms in total. The molecule has 3 heterocycles. The molecule has 0 radical (unpaired) electrons. The average Bonchev–Trinajstić information content (AvgIpc) is 3.88. The zero-order valence-electron chi connectivity index (χ0n) is 28.4. The van der Waals surface area contributed by atoms with E-state index in [-0.39, 0.29) is 7.13 Å². The zero-order chi connectivity index (χ0) is 37.4. The predicted molar refractivity (Wildman–Crippen MR) is 208 cm³/mol. The number of imidazole rings is 1. The minimum Gasteiger partial charge on any atom is -0.361 e. The van der Waals surface area contributed by atoms with Crippen LogP contribution in [0.2, 0.25) is 0 Å². The molecule has 0 saturated carbocycles. The van der Waals surface area contributed by atoms with Gasteiger partial charge < -0.3 is 9.51 Å². The Balaban J connectivity index is -0.000000853. The third-order valence-corrected chi connectivity index (χ3v) is 6.24. The van der Waals surface area contributed by atoms with Gasteiger partial charge in [-0.05, 0) is 162 Å². The number of nitrogens with one attached hydrogen (secondary N) is 2. The van der Waals surface area contributed by atoms with Crippen molar-refractivity contribution in [3.8, 4) is 129 Å². The molecule has 0 fully saturated rings. The standard InChI is InChI=1S/C20H17N5O.C20H6.HN5O.5H2/c1-11-19(12(2)26-24-11)13-7-15(20-17(8-13)21-10-22-20)14-5-4-6-18-16(14)9-23-25(18)3;1-3-5-7-9-11-13-15-17-19-20-18-16-14-12-10-8-6-4-2;1-2-3-4-5-6;;;;;/h4-10H,1-3H3,(H,21,22);1-2H3;1H;5*1H/b;;2-1?,4-3+;;;;;. The molecule has 0 atom stereocenters. The van der Waals surface area contributed by atoms with Crippen molar-refractivity contribution in [1.82, 2.24) is 24.9 Å². The van der Waals surface area contributed by atoms with Crippen molar-refractivity contribution in [2.75, 3.05) is 0 Å². The molecule has 0 amide bonds. The molecule has 0 spiro atoms. The van der Waals surface area contributed by atoms with E-state index in [0.717, 1.165) is 55.6 Å². The van der Waals surface area contributed by atoms with Crippen molar-refractivity contribution < 1.29 is 11.7 Å². The fourth-order valence-corrected chi connectivity index (χ4v) is 4.31. The molecule has 12 heteroatoms. The number of hydrogen-bond donors (Lipinski definition) is 2. The van der Waals surface area contributed by atoms with Gasteiger partial charge in [-0.15, -0.1) is 4.91 Å². The quantitative estimate of drug-likeness (QED) is 0.0854. The van der Waals surface area contributed by atoms with Gasteiger partial charge in [-0.2, -0.15) is 10.6 Å². The Morgan fingerprint density at radius 1 is 0.808 bits per heavy atom. The Kier molecular flexibility index (Phi) is 15.5. The summed E-state index contributed by atoms with van der Waals surface area (Å²) < 4.78 is 7.26. The summed E-state index contributed by atoms with van der Waals surface area (Å²) in [6.45, 7) is 7.31. The summed E-state index contributed by atoms with van der Waals surface area (Å²) in [5.41, 5.74) is 14.0. The van der Waals surface area contributed by atoms with Gasteiger partial charge in [-0.1, -0.05) is 29.1 Å². The van der Waals surface area contributed by atoms with Crippen LogP contribution in [0.4, 0.5) is 0 Å². The first kappa shape index (κ1) is 37.9. The Bertz CT molecular complexity index is 2660. The second-order valence-electron chi connectivity index (χ2n) is 9.39. The van der Waals surface area contributed by atoms with E-state index in [4.69, 9.17) is 15.0 Å².